The first kappa shape index (κ1) is 15.8. The molecule has 0 aliphatic heterocycles. The molecule has 6 heteroatoms. The van der Waals surface area contributed by atoms with Gasteiger partial charge in [-0.2, -0.15) is 0 Å². The van der Waals surface area contributed by atoms with E-state index >= 15 is 0 Å². The van der Waals surface area contributed by atoms with Gasteiger partial charge in [-0.15, -0.1) is 11.3 Å². The van der Waals surface area contributed by atoms with Gasteiger partial charge in [-0.05, 0) is 30.8 Å². The number of carbonyl (C=O) groups excluding carboxylic acids is 1. The molecule has 1 aromatic carbocycles. The van der Waals surface area contributed by atoms with Crippen molar-refractivity contribution in [1.29, 1.82) is 0 Å². The number of thiophene rings is 1. The van der Waals surface area contributed by atoms with Crippen molar-refractivity contribution >= 4 is 51.9 Å². The standard InChI is InChI=1S/C14H12Cl3NOS/c1-18(7-9-3-2-4-10(15)5-9)8-12(19)11-6-13(16)20-14(11)17/h2-6H,7-8H2,1H3. The zero-order valence-corrected chi connectivity index (χ0v) is 13.8. The fourth-order valence-electron chi connectivity index (χ4n) is 1.86. The van der Waals surface area contributed by atoms with Crippen molar-refractivity contribution in [2.45, 2.75) is 6.54 Å². The van der Waals surface area contributed by atoms with Crippen LogP contribution in [0, 0.1) is 0 Å². The van der Waals surface area contributed by atoms with Crippen LogP contribution >= 0.6 is 46.1 Å². The number of hydrogen-bond donors (Lipinski definition) is 0. The summed E-state index contributed by atoms with van der Waals surface area (Å²) in [5.41, 5.74) is 1.54. The third kappa shape index (κ3) is 4.21. The summed E-state index contributed by atoms with van der Waals surface area (Å²) in [6.45, 7) is 0.918. The minimum absolute atomic E-state index is 0.0392. The summed E-state index contributed by atoms with van der Waals surface area (Å²) in [6, 6.07) is 9.19. The average molecular weight is 349 g/mol. The second kappa shape index (κ2) is 6.92. The number of benzene rings is 1. The number of ketones is 1. The van der Waals surface area contributed by atoms with Gasteiger partial charge in [0.05, 0.1) is 16.4 Å². The van der Waals surface area contributed by atoms with E-state index in [0.717, 1.165) is 5.56 Å². The van der Waals surface area contributed by atoms with E-state index in [0.29, 0.717) is 25.8 Å². The summed E-state index contributed by atoms with van der Waals surface area (Å²) in [5, 5.41) is 0.690. The molecule has 1 aromatic heterocycles. The molecule has 1 heterocycles. The molecule has 0 unspecified atom stereocenters. The Kier molecular flexibility index (Phi) is 5.47. The van der Waals surface area contributed by atoms with Gasteiger partial charge in [-0.3, -0.25) is 9.69 Å². The molecule has 2 rings (SSSR count). The van der Waals surface area contributed by atoms with Gasteiger partial charge < -0.3 is 0 Å². The Hall–Kier alpha value is -0.580. The third-order valence-corrected chi connectivity index (χ3v) is 4.43. The van der Waals surface area contributed by atoms with Crippen LogP contribution in [0.15, 0.2) is 30.3 Å². The lowest BCUT2D eigenvalue weighted by atomic mass is 10.2. The van der Waals surface area contributed by atoms with Crippen molar-refractivity contribution in [3.05, 3.63) is 55.2 Å². The zero-order chi connectivity index (χ0) is 14.7. The zero-order valence-electron chi connectivity index (χ0n) is 10.7. The van der Waals surface area contributed by atoms with E-state index in [2.05, 4.69) is 0 Å². The van der Waals surface area contributed by atoms with Crippen molar-refractivity contribution in [2.75, 3.05) is 13.6 Å². The highest BCUT2D eigenvalue weighted by Gasteiger charge is 2.16. The van der Waals surface area contributed by atoms with Crippen LogP contribution < -0.4 is 0 Å². The Bertz CT molecular complexity index is 627. The maximum atomic E-state index is 12.1. The van der Waals surface area contributed by atoms with Crippen LogP contribution in [0.5, 0.6) is 0 Å². The first-order chi connectivity index (χ1) is 9.45. The monoisotopic (exact) mass is 347 g/mol. The van der Waals surface area contributed by atoms with E-state index in [1.54, 1.807) is 6.07 Å². The number of likely N-dealkylation sites (N-methyl/N-ethyl adjacent to an activating group) is 1. The molecular weight excluding hydrogens is 337 g/mol. The summed E-state index contributed by atoms with van der Waals surface area (Å²) in [5.74, 6) is -0.0392. The number of rotatable bonds is 5. The molecule has 0 radical (unpaired) electrons. The SMILES string of the molecule is CN(CC(=O)c1cc(Cl)sc1Cl)Cc1cccc(Cl)c1. The number of Topliss-reactive ketones (excluding diaryl/α,β-unsaturated/α-hetero) is 1. The van der Waals surface area contributed by atoms with Gasteiger partial charge in [0.15, 0.2) is 5.78 Å². The summed E-state index contributed by atoms with van der Waals surface area (Å²) >= 11 is 19.0. The minimum atomic E-state index is -0.0392. The Morgan fingerprint density at radius 3 is 2.60 bits per heavy atom. The van der Waals surface area contributed by atoms with Crippen molar-refractivity contribution in [2.24, 2.45) is 0 Å². The molecule has 2 nitrogen and oxygen atoms in total. The number of hydrogen-bond acceptors (Lipinski definition) is 3. The van der Waals surface area contributed by atoms with Crippen LogP contribution in [-0.2, 0) is 6.54 Å². The molecule has 0 fully saturated rings. The molecule has 20 heavy (non-hydrogen) atoms. The molecule has 2 aromatic rings. The van der Waals surface area contributed by atoms with E-state index in [-0.39, 0.29) is 12.3 Å². The second-order valence-electron chi connectivity index (χ2n) is 4.46. The predicted octanol–water partition coefficient (Wildman–Crippen LogP) is 5.02. The van der Waals surface area contributed by atoms with E-state index in [1.165, 1.54) is 11.3 Å². The topological polar surface area (TPSA) is 20.3 Å². The fourth-order valence-corrected chi connectivity index (χ4v) is 3.58. The van der Waals surface area contributed by atoms with Crippen LogP contribution in [0.3, 0.4) is 0 Å². The lowest BCUT2D eigenvalue weighted by molar-refractivity contribution is 0.0943. The third-order valence-electron chi connectivity index (χ3n) is 2.71. The smallest absolute Gasteiger partial charge is 0.179 e. The van der Waals surface area contributed by atoms with Crippen molar-refractivity contribution in [1.82, 2.24) is 4.90 Å². The highest BCUT2D eigenvalue weighted by molar-refractivity contribution is 7.20. The quantitative estimate of drug-likeness (QED) is 0.707. The molecular formula is C14H12Cl3NOS. The van der Waals surface area contributed by atoms with Gasteiger partial charge in [0, 0.05) is 11.6 Å². The van der Waals surface area contributed by atoms with Gasteiger partial charge in [0.2, 0.25) is 0 Å². The van der Waals surface area contributed by atoms with Gasteiger partial charge in [-0.1, -0.05) is 46.9 Å². The minimum Gasteiger partial charge on any atom is -0.295 e. The number of carbonyl (C=O) groups is 1. The molecule has 106 valence electrons. The van der Waals surface area contributed by atoms with Gasteiger partial charge in [-0.25, -0.2) is 0 Å². The van der Waals surface area contributed by atoms with Crippen LogP contribution in [0.1, 0.15) is 15.9 Å². The Morgan fingerprint density at radius 2 is 2.00 bits per heavy atom. The first-order valence-electron chi connectivity index (χ1n) is 5.86. The van der Waals surface area contributed by atoms with Crippen molar-refractivity contribution in [3.8, 4) is 0 Å². The Labute approximate surface area is 136 Å². The van der Waals surface area contributed by atoms with E-state index < -0.39 is 0 Å². The molecule has 0 aliphatic rings. The summed E-state index contributed by atoms with van der Waals surface area (Å²) in [4.78, 5) is 14.1. The van der Waals surface area contributed by atoms with Crippen LogP contribution in [0.25, 0.3) is 0 Å². The molecule has 0 saturated heterocycles. The van der Waals surface area contributed by atoms with Crippen molar-refractivity contribution in [3.63, 3.8) is 0 Å². The largest absolute Gasteiger partial charge is 0.295 e. The highest BCUT2D eigenvalue weighted by Crippen LogP contribution is 2.31. The van der Waals surface area contributed by atoms with Gasteiger partial charge >= 0.3 is 0 Å². The van der Waals surface area contributed by atoms with E-state index in [4.69, 9.17) is 34.8 Å². The highest BCUT2D eigenvalue weighted by atomic mass is 35.5. The van der Waals surface area contributed by atoms with Crippen LogP contribution in [0.2, 0.25) is 13.7 Å². The molecule has 0 bridgehead atoms. The summed E-state index contributed by atoms with van der Waals surface area (Å²) in [6.07, 6.45) is 0. The lowest BCUT2D eigenvalue weighted by Gasteiger charge is -2.15. The second-order valence-corrected chi connectivity index (χ2v) is 7.19. The Balaban J connectivity index is 1.99. The molecule has 0 saturated carbocycles. The van der Waals surface area contributed by atoms with Crippen LogP contribution in [0.4, 0.5) is 0 Å². The first-order valence-corrected chi connectivity index (χ1v) is 7.82. The predicted molar refractivity (Wildman–Crippen MR) is 86.5 cm³/mol. The van der Waals surface area contributed by atoms with Crippen molar-refractivity contribution < 1.29 is 4.79 Å². The average Bonchev–Trinajstić information content (AvgIpc) is 2.68. The molecule has 0 aliphatic carbocycles. The maximum Gasteiger partial charge on any atom is 0.179 e. The molecule has 0 amide bonds. The fraction of sp³-hybridized carbons (Fsp3) is 0.214. The molecule has 0 atom stereocenters. The maximum absolute atomic E-state index is 12.1. The van der Waals surface area contributed by atoms with Crippen LogP contribution in [-0.4, -0.2) is 24.3 Å². The van der Waals surface area contributed by atoms with E-state index in [1.807, 2.05) is 36.2 Å². The normalized spacial score (nSPS) is 11.1. The summed E-state index contributed by atoms with van der Waals surface area (Å²) in [7, 11) is 1.88. The lowest BCUT2D eigenvalue weighted by Crippen LogP contribution is -2.25. The molecule has 0 spiro atoms. The summed E-state index contributed by atoms with van der Waals surface area (Å²) < 4.78 is 0.965. The van der Waals surface area contributed by atoms with E-state index in [9.17, 15) is 4.79 Å². The van der Waals surface area contributed by atoms with Gasteiger partial charge in [0.25, 0.3) is 0 Å². The number of halogens is 3. The Morgan fingerprint density at radius 1 is 1.25 bits per heavy atom. The molecule has 0 N–H and O–H groups in total. The number of nitrogens with zero attached hydrogens (tertiary/aromatic N) is 1. The van der Waals surface area contributed by atoms with Gasteiger partial charge in [0.1, 0.15) is 4.34 Å².